The molecule has 1 atom stereocenters. The normalized spacial score (nSPS) is 11.7. The van der Waals surface area contributed by atoms with Gasteiger partial charge in [0.15, 0.2) is 0 Å². The molecule has 3 aromatic rings. The van der Waals surface area contributed by atoms with Crippen LogP contribution in [-0.2, 0) is 43.2 Å². The number of benzene rings is 2. The molecule has 9 nitrogen and oxygen atoms in total. The summed E-state index contributed by atoms with van der Waals surface area (Å²) in [5, 5.41) is 5.49. The van der Waals surface area contributed by atoms with Crippen molar-refractivity contribution in [3.63, 3.8) is 0 Å². The van der Waals surface area contributed by atoms with Gasteiger partial charge in [-0.25, -0.2) is 14.4 Å². The van der Waals surface area contributed by atoms with Crippen LogP contribution >= 0.6 is 11.3 Å². The highest BCUT2D eigenvalue weighted by molar-refractivity contribution is 7.16. The van der Waals surface area contributed by atoms with Gasteiger partial charge < -0.3 is 19.5 Å². The van der Waals surface area contributed by atoms with Crippen LogP contribution in [0.5, 0.6) is 0 Å². The van der Waals surface area contributed by atoms with E-state index in [9.17, 15) is 19.2 Å². The highest BCUT2D eigenvalue weighted by atomic mass is 32.1. The van der Waals surface area contributed by atoms with Gasteiger partial charge in [-0.05, 0) is 38.0 Å². The second-order valence-corrected chi connectivity index (χ2v) is 10.8. The number of anilines is 1. The van der Waals surface area contributed by atoms with E-state index in [1.807, 2.05) is 60.7 Å². The quantitative estimate of drug-likeness (QED) is 0.271. The van der Waals surface area contributed by atoms with E-state index < -0.39 is 35.6 Å². The van der Waals surface area contributed by atoms with Crippen molar-refractivity contribution in [3.8, 4) is 0 Å². The molecule has 0 aliphatic rings. The molecule has 0 aliphatic heterocycles. The van der Waals surface area contributed by atoms with Crippen molar-refractivity contribution < 1.29 is 33.4 Å². The molecule has 2 N–H and O–H groups in total. The van der Waals surface area contributed by atoms with Crippen LogP contribution in [-0.4, -0.2) is 42.7 Å². The summed E-state index contributed by atoms with van der Waals surface area (Å²) >= 11 is 1.05. The number of hydrogen-bond acceptors (Lipinski definition) is 8. The van der Waals surface area contributed by atoms with E-state index in [0.717, 1.165) is 22.5 Å². The first-order chi connectivity index (χ1) is 18.5. The Morgan fingerprint density at radius 3 is 2.13 bits per heavy atom. The van der Waals surface area contributed by atoms with Gasteiger partial charge in [0.05, 0.1) is 19.1 Å². The lowest BCUT2D eigenvalue weighted by molar-refractivity contribution is -0.145. The van der Waals surface area contributed by atoms with Crippen LogP contribution in [0.1, 0.15) is 47.1 Å². The molecular weight excluding hydrogens is 520 g/mol. The number of methoxy groups -OCH3 is 1. The lowest BCUT2D eigenvalue weighted by Crippen LogP contribution is -2.43. The Kier molecular flexibility index (Phi) is 10.2. The second-order valence-electron chi connectivity index (χ2n) is 9.65. The van der Waals surface area contributed by atoms with Gasteiger partial charge in [-0.3, -0.25) is 10.1 Å². The minimum Gasteiger partial charge on any atom is -0.467 e. The van der Waals surface area contributed by atoms with Crippen LogP contribution in [0.2, 0.25) is 0 Å². The van der Waals surface area contributed by atoms with Crippen LogP contribution in [0.3, 0.4) is 0 Å². The topological polar surface area (TPSA) is 120 Å². The molecule has 0 spiro atoms. The average molecular weight is 553 g/mol. The van der Waals surface area contributed by atoms with Gasteiger partial charge in [-0.2, -0.15) is 0 Å². The van der Waals surface area contributed by atoms with E-state index in [0.29, 0.717) is 4.88 Å². The average Bonchev–Trinajstić information content (AvgIpc) is 3.28. The Hall–Kier alpha value is -4.18. The highest BCUT2D eigenvalue weighted by Gasteiger charge is 2.26. The first kappa shape index (κ1) is 29.4. The van der Waals surface area contributed by atoms with E-state index in [-0.39, 0.29) is 30.0 Å². The van der Waals surface area contributed by atoms with Crippen LogP contribution in [0, 0.1) is 0 Å². The Morgan fingerprint density at radius 2 is 1.54 bits per heavy atom. The minimum atomic E-state index is -0.888. The summed E-state index contributed by atoms with van der Waals surface area (Å²) in [4.78, 5) is 51.1. The zero-order valence-corrected chi connectivity index (χ0v) is 23.1. The summed E-state index contributed by atoms with van der Waals surface area (Å²) in [5.41, 5.74) is 0.992. The third kappa shape index (κ3) is 9.57. The van der Waals surface area contributed by atoms with Crippen LogP contribution in [0.4, 0.5) is 9.80 Å². The summed E-state index contributed by atoms with van der Waals surface area (Å²) in [7, 11) is 1.26. The van der Waals surface area contributed by atoms with Gasteiger partial charge in [0.1, 0.15) is 23.3 Å². The number of ether oxygens (including phenoxy) is 3. The van der Waals surface area contributed by atoms with Crippen LogP contribution in [0.15, 0.2) is 66.7 Å². The lowest BCUT2D eigenvalue weighted by Gasteiger charge is -2.19. The van der Waals surface area contributed by atoms with Crippen LogP contribution < -0.4 is 10.6 Å². The Balaban J connectivity index is 1.73. The van der Waals surface area contributed by atoms with Crippen LogP contribution in [0.25, 0.3) is 0 Å². The third-order valence-electron chi connectivity index (χ3n) is 5.27. The number of rotatable bonds is 10. The smallest absolute Gasteiger partial charge is 0.412 e. The first-order valence-corrected chi connectivity index (χ1v) is 13.1. The van der Waals surface area contributed by atoms with E-state index in [2.05, 4.69) is 10.6 Å². The Labute approximate surface area is 231 Å². The summed E-state index contributed by atoms with van der Waals surface area (Å²) < 4.78 is 15.6. The van der Waals surface area contributed by atoms with Crippen molar-refractivity contribution in [3.05, 3.63) is 88.3 Å². The fourth-order valence-corrected chi connectivity index (χ4v) is 4.58. The predicted octanol–water partition coefficient (Wildman–Crippen LogP) is 4.90. The molecule has 0 bridgehead atoms. The molecule has 1 heterocycles. The second kappa shape index (κ2) is 13.6. The molecule has 1 aromatic heterocycles. The van der Waals surface area contributed by atoms with Gasteiger partial charge in [-0.1, -0.05) is 60.7 Å². The number of nitrogens with one attached hydrogen (secondary N) is 2. The Morgan fingerprint density at radius 1 is 0.923 bits per heavy atom. The molecule has 0 radical (unpaired) electrons. The summed E-state index contributed by atoms with van der Waals surface area (Å²) in [6.07, 6.45) is -0.633. The summed E-state index contributed by atoms with van der Waals surface area (Å²) in [6, 6.07) is 19.0. The molecule has 0 saturated heterocycles. The van der Waals surface area contributed by atoms with E-state index in [1.165, 1.54) is 13.2 Å². The molecule has 3 rings (SSSR count). The molecule has 0 unspecified atom stereocenters. The first-order valence-electron chi connectivity index (χ1n) is 12.3. The molecule has 206 valence electrons. The van der Waals surface area contributed by atoms with Gasteiger partial charge >= 0.3 is 18.0 Å². The van der Waals surface area contributed by atoms with Gasteiger partial charge in [-0.15, -0.1) is 11.3 Å². The van der Waals surface area contributed by atoms with Gasteiger partial charge in [0, 0.05) is 11.3 Å². The monoisotopic (exact) mass is 552 g/mol. The molecule has 10 heteroatoms. The number of carbonyl (C=O) groups is 4. The summed E-state index contributed by atoms with van der Waals surface area (Å²) in [6.45, 7) is 5.23. The van der Waals surface area contributed by atoms with E-state index in [4.69, 9.17) is 14.2 Å². The SMILES string of the molecule is COC(=O)[C@H](Cc1ccccc1)NC(=O)Cc1cc(C(=O)OC(C)(C)C)c(NC(=O)OCc2ccccc2)s1. The van der Waals surface area contributed by atoms with Crippen molar-refractivity contribution in [2.45, 2.75) is 51.9 Å². The number of amides is 2. The molecule has 39 heavy (non-hydrogen) atoms. The predicted molar refractivity (Wildman–Crippen MR) is 148 cm³/mol. The maximum Gasteiger partial charge on any atom is 0.412 e. The fraction of sp³-hybridized carbons (Fsp3) is 0.310. The van der Waals surface area contributed by atoms with Crippen molar-refractivity contribution in [2.75, 3.05) is 12.4 Å². The van der Waals surface area contributed by atoms with Crippen molar-refractivity contribution in [1.82, 2.24) is 5.32 Å². The number of carbonyl (C=O) groups excluding carboxylic acids is 4. The molecule has 0 fully saturated rings. The van der Waals surface area contributed by atoms with Crippen molar-refractivity contribution >= 4 is 40.3 Å². The van der Waals surface area contributed by atoms with Crippen molar-refractivity contribution in [2.24, 2.45) is 0 Å². The zero-order chi connectivity index (χ0) is 28.4. The maximum absolute atomic E-state index is 12.9. The Bertz CT molecular complexity index is 1280. The minimum absolute atomic E-state index is 0.0470. The van der Waals surface area contributed by atoms with E-state index in [1.54, 1.807) is 20.8 Å². The fourth-order valence-electron chi connectivity index (χ4n) is 3.55. The number of esters is 2. The molecular formula is C29H32N2O7S. The molecule has 0 saturated carbocycles. The standard InChI is InChI=1S/C29H32N2O7S/c1-29(2,3)38-26(33)22-16-21(39-25(22)31-28(35)37-18-20-13-9-6-10-14-20)17-24(32)30-23(27(34)36-4)15-19-11-7-5-8-12-19/h5-14,16,23H,15,17-18H2,1-4H3,(H,30,32)(H,31,35)/t23-/m0/s1. The largest absolute Gasteiger partial charge is 0.467 e. The third-order valence-corrected chi connectivity index (χ3v) is 6.32. The molecule has 2 amide bonds. The van der Waals surface area contributed by atoms with Gasteiger partial charge in [0.2, 0.25) is 5.91 Å². The van der Waals surface area contributed by atoms with Gasteiger partial charge in [0.25, 0.3) is 0 Å². The number of thiophene rings is 1. The lowest BCUT2D eigenvalue weighted by atomic mass is 10.1. The zero-order valence-electron chi connectivity index (χ0n) is 22.3. The summed E-state index contributed by atoms with van der Waals surface area (Å²) in [5.74, 6) is -1.67. The maximum atomic E-state index is 12.9. The molecule has 0 aliphatic carbocycles. The number of hydrogen-bond donors (Lipinski definition) is 2. The van der Waals surface area contributed by atoms with E-state index >= 15 is 0 Å². The van der Waals surface area contributed by atoms with Crippen molar-refractivity contribution in [1.29, 1.82) is 0 Å². The molecule has 2 aromatic carbocycles. The highest BCUT2D eigenvalue weighted by Crippen LogP contribution is 2.31.